The summed E-state index contributed by atoms with van der Waals surface area (Å²) in [6.45, 7) is 3.24. The van der Waals surface area contributed by atoms with Crippen LogP contribution in [0.3, 0.4) is 0 Å². The number of aromatic nitrogens is 6. The molecule has 0 unspecified atom stereocenters. The summed E-state index contributed by atoms with van der Waals surface area (Å²) in [6.07, 6.45) is 3.02. The normalized spacial score (nSPS) is 11.3. The Morgan fingerprint density at radius 2 is 1.96 bits per heavy atom. The highest BCUT2D eigenvalue weighted by Crippen LogP contribution is 2.26. The van der Waals surface area contributed by atoms with Crippen molar-refractivity contribution in [3.05, 3.63) is 30.6 Å². The lowest BCUT2D eigenvalue weighted by atomic mass is 10.1. The van der Waals surface area contributed by atoms with Crippen LogP contribution in [0.25, 0.3) is 23.0 Å². The first kappa shape index (κ1) is 16.8. The Balaban J connectivity index is 1.82. The molecule has 0 fully saturated rings. The van der Waals surface area contributed by atoms with E-state index in [2.05, 4.69) is 30.1 Å². The Bertz CT molecular complexity index is 838. The molecule has 0 saturated carbocycles. The van der Waals surface area contributed by atoms with Crippen LogP contribution in [0.1, 0.15) is 25.5 Å². The van der Waals surface area contributed by atoms with Crippen molar-refractivity contribution in [3.63, 3.8) is 0 Å². The van der Waals surface area contributed by atoms with E-state index in [9.17, 15) is 8.78 Å². The van der Waals surface area contributed by atoms with Crippen LogP contribution in [0.5, 0.6) is 5.88 Å². The van der Waals surface area contributed by atoms with Gasteiger partial charge in [0, 0.05) is 6.20 Å². The third kappa shape index (κ3) is 3.90. The van der Waals surface area contributed by atoms with E-state index < -0.39 is 13.0 Å². The monoisotopic (exact) mass is 348 g/mol. The number of rotatable bonds is 6. The number of halogens is 2. The van der Waals surface area contributed by atoms with Crippen molar-refractivity contribution in [3.8, 4) is 28.9 Å². The fourth-order valence-electron chi connectivity index (χ4n) is 2.06. The van der Waals surface area contributed by atoms with Gasteiger partial charge in [0.05, 0.1) is 23.7 Å². The molecule has 0 aliphatic heterocycles. The fourth-order valence-corrected chi connectivity index (χ4v) is 2.06. The smallest absolute Gasteiger partial charge is 0.272 e. The van der Waals surface area contributed by atoms with Crippen LogP contribution in [0.2, 0.25) is 0 Å². The number of ether oxygens (including phenoxy) is 1. The standard InChI is InChI=1S/C15H14F2N6O2/c1-8(2)13-9(3-18-7-21-13)15-22-14(23-25-15)10-4-20-12(5-19-10)24-6-11(16)17/h3-5,7-8,11H,6H2,1-2H3. The minimum atomic E-state index is -2.58. The maximum absolute atomic E-state index is 12.1. The molecule has 0 N–H and O–H groups in total. The van der Waals surface area contributed by atoms with Crippen molar-refractivity contribution in [1.82, 2.24) is 30.1 Å². The molecule has 0 saturated heterocycles. The van der Waals surface area contributed by atoms with Gasteiger partial charge in [-0.15, -0.1) is 0 Å². The zero-order chi connectivity index (χ0) is 17.8. The van der Waals surface area contributed by atoms with Gasteiger partial charge in [-0.05, 0) is 5.92 Å². The summed E-state index contributed by atoms with van der Waals surface area (Å²) in [6, 6.07) is 0. The van der Waals surface area contributed by atoms with E-state index in [0.717, 1.165) is 5.69 Å². The second-order valence-corrected chi connectivity index (χ2v) is 5.34. The molecule has 0 bridgehead atoms. The molecule has 3 aromatic heterocycles. The second kappa shape index (κ2) is 7.24. The van der Waals surface area contributed by atoms with E-state index in [1.807, 2.05) is 13.8 Å². The number of alkyl halides is 2. The Morgan fingerprint density at radius 3 is 2.64 bits per heavy atom. The van der Waals surface area contributed by atoms with Gasteiger partial charge in [0.2, 0.25) is 11.7 Å². The predicted molar refractivity (Wildman–Crippen MR) is 81.9 cm³/mol. The topological polar surface area (TPSA) is 99.7 Å². The summed E-state index contributed by atoms with van der Waals surface area (Å²) >= 11 is 0. The van der Waals surface area contributed by atoms with Crippen LogP contribution in [-0.2, 0) is 0 Å². The van der Waals surface area contributed by atoms with Crippen LogP contribution >= 0.6 is 0 Å². The zero-order valence-electron chi connectivity index (χ0n) is 13.4. The van der Waals surface area contributed by atoms with Gasteiger partial charge in [0.25, 0.3) is 12.3 Å². The summed E-state index contributed by atoms with van der Waals surface area (Å²) in [4.78, 5) is 20.4. The Kier molecular flexibility index (Phi) is 4.87. The molecule has 25 heavy (non-hydrogen) atoms. The fraction of sp³-hybridized carbons (Fsp3) is 0.333. The first-order chi connectivity index (χ1) is 12.0. The first-order valence-corrected chi connectivity index (χ1v) is 7.42. The van der Waals surface area contributed by atoms with E-state index in [0.29, 0.717) is 11.3 Å². The van der Waals surface area contributed by atoms with Crippen LogP contribution in [0, 0.1) is 0 Å². The van der Waals surface area contributed by atoms with Crippen molar-refractivity contribution in [2.75, 3.05) is 6.61 Å². The average Bonchev–Trinajstić information content (AvgIpc) is 3.10. The van der Waals surface area contributed by atoms with E-state index >= 15 is 0 Å². The quantitative estimate of drug-likeness (QED) is 0.670. The van der Waals surface area contributed by atoms with Gasteiger partial charge in [-0.2, -0.15) is 4.98 Å². The summed E-state index contributed by atoms with van der Waals surface area (Å²) in [5.74, 6) is 0.617. The van der Waals surface area contributed by atoms with Gasteiger partial charge < -0.3 is 9.26 Å². The molecule has 130 valence electrons. The van der Waals surface area contributed by atoms with Crippen LogP contribution in [0.4, 0.5) is 8.78 Å². The van der Waals surface area contributed by atoms with Gasteiger partial charge in [0.15, 0.2) is 6.61 Å². The second-order valence-electron chi connectivity index (χ2n) is 5.34. The Hall–Kier alpha value is -3.04. The van der Waals surface area contributed by atoms with Gasteiger partial charge in [-0.1, -0.05) is 19.0 Å². The number of hydrogen-bond acceptors (Lipinski definition) is 8. The van der Waals surface area contributed by atoms with Crippen molar-refractivity contribution in [1.29, 1.82) is 0 Å². The molecule has 10 heteroatoms. The third-order valence-electron chi connectivity index (χ3n) is 3.16. The molecule has 0 radical (unpaired) electrons. The molecule has 0 aromatic carbocycles. The SMILES string of the molecule is CC(C)c1ncncc1-c1nc(-c2cnc(OCC(F)F)cn2)no1. The molecule has 0 atom stereocenters. The predicted octanol–water partition coefficient (Wildman–Crippen LogP) is 2.75. The maximum atomic E-state index is 12.1. The highest BCUT2D eigenvalue weighted by atomic mass is 19.3. The molecule has 3 aromatic rings. The van der Waals surface area contributed by atoms with Gasteiger partial charge in [-0.3, -0.25) is 0 Å². The van der Waals surface area contributed by atoms with E-state index in [1.165, 1.54) is 18.7 Å². The molecule has 0 amide bonds. The van der Waals surface area contributed by atoms with Crippen molar-refractivity contribution < 1.29 is 18.0 Å². The van der Waals surface area contributed by atoms with E-state index in [-0.39, 0.29) is 23.5 Å². The molecule has 0 aliphatic carbocycles. The van der Waals surface area contributed by atoms with Crippen molar-refractivity contribution in [2.24, 2.45) is 0 Å². The molecule has 3 heterocycles. The van der Waals surface area contributed by atoms with Crippen molar-refractivity contribution in [2.45, 2.75) is 26.2 Å². The zero-order valence-corrected chi connectivity index (χ0v) is 13.4. The molecule has 3 rings (SSSR count). The molecular weight excluding hydrogens is 334 g/mol. The van der Waals surface area contributed by atoms with Crippen LogP contribution < -0.4 is 4.74 Å². The molecule has 0 spiro atoms. The summed E-state index contributed by atoms with van der Waals surface area (Å²) in [5.41, 5.74) is 1.75. The number of nitrogens with zero attached hydrogens (tertiary/aromatic N) is 6. The molecular formula is C15H14F2N6O2. The third-order valence-corrected chi connectivity index (χ3v) is 3.16. The largest absolute Gasteiger partial charge is 0.470 e. The van der Waals surface area contributed by atoms with E-state index in [1.54, 1.807) is 6.20 Å². The van der Waals surface area contributed by atoms with Crippen LogP contribution in [-0.4, -0.2) is 43.1 Å². The summed E-state index contributed by atoms with van der Waals surface area (Å²) in [5, 5.41) is 3.86. The summed E-state index contributed by atoms with van der Waals surface area (Å²) < 4.78 is 34.2. The lowest BCUT2D eigenvalue weighted by Gasteiger charge is -2.06. The van der Waals surface area contributed by atoms with Gasteiger partial charge >= 0.3 is 0 Å². The lowest BCUT2D eigenvalue weighted by molar-refractivity contribution is 0.0794. The van der Waals surface area contributed by atoms with Crippen LogP contribution in [0.15, 0.2) is 29.4 Å². The number of hydrogen-bond donors (Lipinski definition) is 0. The lowest BCUT2D eigenvalue weighted by Crippen LogP contribution is -2.08. The minimum Gasteiger partial charge on any atom is -0.470 e. The van der Waals surface area contributed by atoms with Gasteiger partial charge in [0.1, 0.15) is 12.0 Å². The highest BCUT2D eigenvalue weighted by molar-refractivity contribution is 5.58. The van der Waals surface area contributed by atoms with Crippen molar-refractivity contribution >= 4 is 0 Å². The molecule has 0 aliphatic rings. The average molecular weight is 348 g/mol. The van der Waals surface area contributed by atoms with E-state index in [4.69, 9.17) is 9.26 Å². The first-order valence-electron chi connectivity index (χ1n) is 7.42. The maximum Gasteiger partial charge on any atom is 0.272 e. The highest BCUT2D eigenvalue weighted by Gasteiger charge is 2.18. The molecule has 8 nitrogen and oxygen atoms in total. The summed E-state index contributed by atoms with van der Waals surface area (Å²) in [7, 11) is 0. The Morgan fingerprint density at radius 1 is 1.12 bits per heavy atom. The Labute approximate surface area is 141 Å². The van der Waals surface area contributed by atoms with Gasteiger partial charge in [-0.25, -0.2) is 28.7 Å². The minimum absolute atomic E-state index is 0.00804.